The fourth-order valence-corrected chi connectivity index (χ4v) is 3.53. The first-order chi connectivity index (χ1) is 12.1. The second-order valence-corrected chi connectivity index (χ2v) is 7.06. The van der Waals surface area contributed by atoms with Crippen LogP contribution in [0.5, 0.6) is 11.5 Å². The molecule has 0 radical (unpaired) electrons. The molecule has 0 unspecified atom stereocenters. The Labute approximate surface area is 148 Å². The average molecular weight is 352 g/mol. The standard InChI is InChI=1S/C19H16N2O3S/c22-15-8-7-12(9-16(15)23)17(24)10-25-19-13-3-1-2-4-14(13)20-18(21-19)11-5-6-11/h1-4,7-9,11,22-23H,5-6,10H2. The molecular weight excluding hydrogens is 336 g/mol. The number of ketones is 1. The topological polar surface area (TPSA) is 83.3 Å². The monoisotopic (exact) mass is 352 g/mol. The molecule has 25 heavy (non-hydrogen) atoms. The maximum absolute atomic E-state index is 12.4. The largest absolute Gasteiger partial charge is 0.504 e. The highest BCUT2D eigenvalue weighted by molar-refractivity contribution is 8.00. The summed E-state index contributed by atoms with van der Waals surface area (Å²) in [4.78, 5) is 21.7. The second kappa shape index (κ2) is 6.37. The summed E-state index contributed by atoms with van der Waals surface area (Å²) in [5, 5.41) is 20.7. The molecule has 4 rings (SSSR count). The number of hydrogen-bond acceptors (Lipinski definition) is 6. The van der Waals surface area contributed by atoms with Gasteiger partial charge in [0.1, 0.15) is 10.9 Å². The van der Waals surface area contributed by atoms with Crippen LogP contribution in [0.4, 0.5) is 0 Å². The van der Waals surface area contributed by atoms with Crippen LogP contribution >= 0.6 is 11.8 Å². The van der Waals surface area contributed by atoms with Gasteiger partial charge in [0.15, 0.2) is 17.3 Å². The molecule has 2 aromatic carbocycles. The third-order valence-electron chi connectivity index (χ3n) is 4.17. The lowest BCUT2D eigenvalue weighted by Crippen LogP contribution is -2.03. The number of Topliss-reactive ketones (excluding diaryl/α,β-unsaturated/α-hetero) is 1. The van der Waals surface area contributed by atoms with Crippen LogP contribution < -0.4 is 0 Å². The van der Waals surface area contributed by atoms with Crippen molar-refractivity contribution in [1.82, 2.24) is 9.97 Å². The number of hydrogen-bond donors (Lipinski definition) is 2. The average Bonchev–Trinajstić information content (AvgIpc) is 3.46. The Bertz CT molecular complexity index is 970. The molecule has 1 aliphatic rings. The van der Waals surface area contributed by atoms with Crippen LogP contribution in [0.15, 0.2) is 47.5 Å². The van der Waals surface area contributed by atoms with Crippen molar-refractivity contribution in [3.8, 4) is 11.5 Å². The first kappa shape index (κ1) is 15.9. The molecule has 2 N–H and O–H groups in total. The number of aromatic hydroxyl groups is 2. The number of carbonyl (C=O) groups is 1. The van der Waals surface area contributed by atoms with Crippen LogP contribution in [-0.4, -0.2) is 31.7 Å². The molecule has 0 aliphatic heterocycles. The normalized spacial score (nSPS) is 13.9. The maximum atomic E-state index is 12.4. The zero-order chi connectivity index (χ0) is 17.4. The fraction of sp³-hybridized carbons (Fsp3) is 0.211. The number of phenolic OH excluding ortho intramolecular Hbond substituents is 2. The molecule has 126 valence electrons. The smallest absolute Gasteiger partial charge is 0.173 e. The summed E-state index contributed by atoms with van der Waals surface area (Å²) < 4.78 is 0. The van der Waals surface area contributed by atoms with E-state index in [9.17, 15) is 15.0 Å². The van der Waals surface area contributed by atoms with Gasteiger partial charge in [0.05, 0.1) is 11.3 Å². The third kappa shape index (κ3) is 3.30. The van der Waals surface area contributed by atoms with Crippen LogP contribution in [0.2, 0.25) is 0 Å². The molecule has 1 heterocycles. The summed E-state index contributed by atoms with van der Waals surface area (Å²) in [6, 6.07) is 11.9. The second-order valence-electron chi connectivity index (χ2n) is 6.09. The summed E-state index contributed by atoms with van der Waals surface area (Å²) in [7, 11) is 0. The minimum absolute atomic E-state index is 0.129. The molecule has 0 saturated heterocycles. The number of rotatable bonds is 5. The quantitative estimate of drug-likeness (QED) is 0.314. The summed E-state index contributed by atoms with van der Waals surface area (Å²) in [6.45, 7) is 0. The van der Waals surface area contributed by atoms with Crippen LogP contribution in [0.25, 0.3) is 10.9 Å². The Hall–Kier alpha value is -2.60. The number of fused-ring (bicyclic) bond motifs is 1. The van der Waals surface area contributed by atoms with Gasteiger partial charge in [-0.1, -0.05) is 30.0 Å². The zero-order valence-electron chi connectivity index (χ0n) is 13.3. The minimum atomic E-state index is -0.292. The number of nitrogens with zero attached hydrogens (tertiary/aromatic N) is 2. The van der Waals surface area contributed by atoms with Crippen molar-refractivity contribution in [1.29, 1.82) is 0 Å². The van der Waals surface area contributed by atoms with E-state index in [2.05, 4.69) is 9.97 Å². The zero-order valence-corrected chi connectivity index (χ0v) is 14.2. The molecule has 0 atom stereocenters. The fourth-order valence-electron chi connectivity index (χ4n) is 2.61. The lowest BCUT2D eigenvalue weighted by atomic mass is 10.1. The van der Waals surface area contributed by atoms with Gasteiger partial charge in [-0.05, 0) is 37.1 Å². The van der Waals surface area contributed by atoms with E-state index in [1.165, 1.54) is 30.0 Å². The molecule has 0 bridgehead atoms. The molecule has 5 nitrogen and oxygen atoms in total. The number of para-hydroxylation sites is 1. The summed E-state index contributed by atoms with van der Waals surface area (Å²) >= 11 is 1.38. The molecule has 0 spiro atoms. The summed E-state index contributed by atoms with van der Waals surface area (Å²) in [5.74, 6) is 0.843. The molecule has 6 heteroatoms. The Morgan fingerprint density at radius 3 is 2.64 bits per heavy atom. The minimum Gasteiger partial charge on any atom is -0.504 e. The van der Waals surface area contributed by atoms with Gasteiger partial charge in [-0.25, -0.2) is 9.97 Å². The number of aromatic nitrogens is 2. The number of thioether (sulfide) groups is 1. The van der Waals surface area contributed by atoms with Crippen LogP contribution in [0.1, 0.15) is 34.9 Å². The Morgan fingerprint density at radius 1 is 1.08 bits per heavy atom. The molecule has 1 aromatic heterocycles. The summed E-state index contributed by atoms with van der Waals surface area (Å²) in [6.07, 6.45) is 2.24. The van der Waals surface area contributed by atoms with E-state index in [1.807, 2.05) is 24.3 Å². The predicted molar refractivity (Wildman–Crippen MR) is 96.3 cm³/mol. The van der Waals surface area contributed by atoms with Crippen molar-refractivity contribution in [2.24, 2.45) is 0 Å². The third-order valence-corrected chi connectivity index (χ3v) is 5.16. The Kier molecular flexibility index (Phi) is 4.05. The van der Waals surface area contributed by atoms with Gasteiger partial charge in [0, 0.05) is 16.9 Å². The SMILES string of the molecule is O=C(CSc1nc(C2CC2)nc2ccccc12)c1ccc(O)c(O)c1. The van der Waals surface area contributed by atoms with E-state index in [0.717, 1.165) is 34.6 Å². The molecule has 3 aromatic rings. The molecule has 1 fully saturated rings. The molecular formula is C19H16N2O3S. The van der Waals surface area contributed by atoms with Gasteiger partial charge < -0.3 is 10.2 Å². The lowest BCUT2D eigenvalue weighted by Gasteiger charge is -2.08. The van der Waals surface area contributed by atoms with Crippen molar-refractivity contribution >= 4 is 28.4 Å². The maximum Gasteiger partial charge on any atom is 0.173 e. The van der Waals surface area contributed by atoms with Gasteiger partial charge in [0.25, 0.3) is 0 Å². The Balaban J connectivity index is 1.59. The van der Waals surface area contributed by atoms with E-state index in [1.54, 1.807) is 0 Å². The first-order valence-corrected chi connectivity index (χ1v) is 9.05. The predicted octanol–water partition coefficient (Wildman–Crippen LogP) is 3.89. The van der Waals surface area contributed by atoms with Gasteiger partial charge >= 0.3 is 0 Å². The van der Waals surface area contributed by atoms with E-state index in [4.69, 9.17) is 0 Å². The van der Waals surface area contributed by atoms with Crippen LogP contribution in [0, 0.1) is 0 Å². The van der Waals surface area contributed by atoms with Crippen LogP contribution in [0.3, 0.4) is 0 Å². The van der Waals surface area contributed by atoms with Crippen molar-refractivity contribution in [2.75, 3.05) is 5.75 Å². The van der Waals surface area contributed by atoms with Gasteiger partial charge in [-0.15, -0.1) is 0 Å². The van der Waals surface area contributed by atoms with Crippen molar-refractivity contribution < 1.29 is 15.0 Å². The molecule has 1 saturated carbocycles. The van der Waals surface area contributed by atoms with Crippen molar-refractivity contribution in [3.63, 3.8) is 0 Å². The highest BCUT2D eigenvalue weighted by Crippen LogP contribution is 2.40. The van der Waals surface area contributed by atoms with E-state index in [0.29, 0.717) is 11.5 Å². The van der Waals surface area contributed by atoms with Crippen molar-refractivity contribution in [2.45, 2.75) is 23.8 Å². The highest BCUT2D eigenvalue weighted by Gasteiger charge is 2.27. The van der Waals surface area contributed by atoms with Gasteiger partial charge in [-0.2, -0.15) is 0 Å². The van der Waals surface area contributed by atoms with E-state index >= 15 is 0 Å². The van der Waals surface area contributed by atoms with Crippen molar-refractivity contribution in [3.05, 3.63) is 53.9 Å². The van der Waals surface area contributed by atoms with Gasteiger partial charge in [0.2, 0.25) is 0 Å². The molecule has 0 amide bonds. The van der Waals surface area contributed by atoms with E-state index < -0.39 is 0 Å². The van der Waals surface area contributed by atoms with E-state index in [-0.39, 0.29) is 23.0 Å². The lowest BCUT2D eigenvalue weighted by molar-refractivity contribution is 0.102. The molecule has 1 aliphatic carbocycles. The number of carbonyl (C=O) groups excluding carboxylic acids is 1. The number of phenols is 2. The highest BCUT2D eigenvalue weighted by atomic mass is 32.2. The Morgan fingerprint density at radius 2 is 1.88 bits per heavy atom. The van der Waals surface area contributed by atoms with Gasteiger partial charge in [-0.3, -0.25) is 4.79 Å². The summed E-state index contributed by atoms with van der Waals surface area (Å²) in [5.41, 5.74) is 1.26. The number of benzene rings is 2. The first-order valence-electron chi connectivity index (χ1n) is 8.06. The van der Waals surface area contributed by atoms with Crippen LogP contribution in [-0.2, 0) is 0 Å².